The highest BCUT2D eigenvalue weighted by Crippen LogP contribution is 2.42. The summed E-state index contributed by atoms with van der Waals surface area (Å²) in [6, 6.07) is 5.41. The highest BCUT2D eigenvalue weighted by Gasteiger charge is 2.40. The standard InChI is InChI=1S/C23H21F4N3O7S/c1-22(2,3)37-19(31)9-12-4-7-17-16(8-12)30(11-18(35-17)20-28-29-21(32)36-20)38(33,34)13-5-6-15(24)14(10-13)23(25,26)27/h4-8,10,18H,9,11H2,1-3H3,(H,29,32)/t18-/m1/s1. The number of carbonyl (C=O) groups excluding carboxylic acids is 1. The van der Waals surface area contributed by atoms with Crippen molar-refractivity contribution >= 4 is 21.7 Å². The monoisotopic (exact) mass is 559 g/mol. The Hall–Kier alpha value is -3.88. The molecule has 1 atom stereocenters. The van der Waals surface area contributed by atoms with Crippen LogP contribution < -0.4 is 14.8 Å². The van der Waals surface area contributed by atoms with Crippen molar-refractivity contribution in [1.29, 1.82) is 0 Å². The van der Waals surface area contributed by atoms with Crippen molar-refractivity contribution < 1.29 is 44.7 Å². The number of sulfonamides is 1. The molecule has 3 aromatic rings. The van der Waals surface area contributed by atoms with Gasteiger partial charge in [-0.05, 0) is 56.7 Å². The van der Waals surface area contributed by atoms with Crippen LogP contribution >= 0.6 is 0 Å². The summed E-state index contributed by atoms with van der Waals surface area (Å²) in [5.74, 6) is -3.55. The van der Waals surface area contributed by atoms with Crippen LogP contribution in [0.5, 0.6) is 5.75 Å². The van der Waals surface area contributed by atoms with Gasteiger partial charge in [0.1, 0.15) is 17.2 Å². The van der Waals surface area contributed by atoms with E-state index in [-0.39, 0.29) is 29.8 Å². The van der Waals surface area contributed by atoms with Gasteiger partial charge < -0.3 is 13.9 Å². The molecule has 1 N–H and O–H groups in total. The van der Waals surface area contributed by atoms with Crippen molar-refractivity contribution in [2.45, 2.75) is 50.0 Å². The third-order valence-corrected chi connectivity index (χ3v) is 7.00. The maximum absolute atomic E-state index is 13.9. The fourth-order valence-electron chi connectivity index (χ4n) is 3.70. The van der Waals surface area contributed by atoms with E-state index in [1.54, 1.807) is 20.8 Å². The first-order chi connectivity index (χ1) is 17.5. The summed E-state index contributed by atoms with van der Waals surface area (Å²) in [6.45, 7) is 4.44. The third kappa shape index (κ3) is 5.66. The zero-order chi connectivity index (χ0) is 28.0. The summed E-state index contributed by atoms with van der Waals surface area (Å²) in [6.07, 6.45) is -6.67. The molecule has 0 spiro atoms. The number of esters is 1. The number of anilines is 1. The van der Waals surface area contributed by atoms with Crippen LogP contribution in [0.1, 0.15) is 43.9 Å². The van der Waals surface area contributed by atoms with Gasteiger partial charge in [0.25, 0.3) is 15.9 Å². The number of aromatic amines is 1. The lowest BCUT2D eigenvalue weighted by molar-refractivity contribution is -0.154. The summed E-state index contributed by atoms with van der Waals surface area (Å²) in [4.78, 5) is 22.9. The van der Waals surface area contributed by atoms with E-state index < -0.39 is 62.5 Å². The Bertz CT molecular complexity index is 1540. The Morgan fingerprint density at radius 1 is 1.18 bits per heavy atom. The fraction of sp³-hybridized carbons (Fsp3) is 0.348. The number of hydrogen-bond donors (Lipinski definition) is 1. The molecular formula is C23H21F4N3O7S. The molecule has 4 rings (SSSR count). The van der Waals surface area contributed by atoms with E-state index in [9.17, 15) is 35.6 Å². The van der Waals surface area contributed by atoms with Crippen molar-refractivity contribution in [2.75, 3.05) is 10.8 Å². The molecule has 0 amide bonds. The Morgan fingerprint density at radius 3 is 2.50 bits per heavy atom. The molecule has 2 aromatic carbocycles. The fourth-order valence-corrected chi connectivity index (χ4v) is 5.19. The van der Waals surface area contributed by atoms with E-state index >= 15 is 0 Å². The van der Waals surface area contributed by atoms with Crippen molar-refractivity contribution in [1.82, 2.24) is 10.2 Å². The first kappa shape index (κ1) is 27.2. The maximum Gasteiger partial charge on any atom is 0.434 e. The van der Waals surface area contributed by atoms with Gasteiger partial charge in [-0.3, -0.25) is 9.10 Å². The van der Waals surface area contributed by atoms with E-state index in [0.29, 0.717) is 17.7 Å². The van der Waals surface area contributed by atoms with Crippen molar-refractivity contribution in [3.8, 4) is 5.75 Å². The number of nitrogens with zero attached hydrogens (tertiary/aromatic N) is 2. The average Bonchev–Trinajstić information content (AvgIpc) is 3.22. The predicted octanol–water partition coefficient (Wildman–Crippen LogP) is 3.73. The van der Waals surface area contributed by atoms with E-state index in [4.69, 9.17) is 13.9 Å². The molecule has 15 heteroatoms. The van der Waals surface area contributed by atoms with E-state index in [2.05, 4.69) is 5.10 Å². The van der Waals surface area contributed by atoms with Gasteiger partial charge in [-0.25, -0.2) is 22.7 Å². The third-order valence-electron chi connectivity index (χ3n) is 5.22. The maximum atomic E-state index is 13.9. The molecule has 38 heavy (non-hydrogen) atoms. The zero-order valence-corrected chi connectivity index (χ0v) is 20.9. The molecule has 0 fully saturated rings. The Balaban J connectivity index is 1.80. The summed E-state index contributed by atoms with van der Waals surface area (Å²) in [7, 11) is -4.77. The molecule has 0 radical (unpaired) electrons. The van der Waals surface area contributed by atoms with Crippen LogP contribution in [0.15, 0.2) is 50.5 Å². The average molecular weight is 559 g/mol. The predicted molar refractivity (Wildman–Crippen MR) is 122 cm³/mol. The number of halogens is 4. The molecule has 10 nitrogen and oxygen atoms in total. The van der Waals surface area contributed by atoms with Crippen LogP contribution in [-0.2, 0) is 32.2 Å². The van der Waals surface area contributed by atoms with Gasteiger partial charge in [0.2, 0.25) is 0 Å². The van der Waals surface area contributed by atoms with Crippen LogP contribution in [0.3, 0.4) is 0 Å². The minimum absolute atomic E-state index is 0.0541. The van der Waals surface area contributed by atoms with Gasteiger partial charge in [-0.2, -0.15) is 13.2 Å². The molecule has 204 valence electrons. The first-order valence-corrected chi connectivity index (χ1v) is 12.4. The lowest BCUT2D eigenvalue weighted by atomic mass is 10.1. The van der Waals surface area contributed by atoms with Crippen molar-refractivity contribution in [2.24, 2.45) is 0 Å². The molecule has 1 aliphatic rings. The highest BCUT2D eigenvalue weighted by molar-refractivity contribution is 7.92. The summed E-state index contributed by atoms with van der Waals surface area (Å²) < 4.78 is 97.7. The van der Waals surface area contributed by atoms with Gasteiger partial charge in [0.05, 0.1) is 29.1 Å². The topological polar surface area (TPSA) is 132 Å². The van der Waals surface area contributed by atoms with Crippen LogP contribution in [0, 0.1) is 5.82 Å². The number of hydrogen-bond acceptors (Lipinski definition) is 8. The number of benzene rings is 2. The van der Waals surface area contributed by atoms with Crippen LogP contribution in [-0.4, -0.2) is 36.7 Å². The highest BCUT2D eigenvalue weighted by atomic mass is 32.2. The molecule has 0 saturated carbocycles. The Kier molecular flexibility index (Phi) is 6.76. The van der Waals surface area contributed by atoms with Gasteiger partial charge >= 0.3 is 17.9 Å². The summed E-state index contributed by atoms with van der Waals surface area (Å²) >= 11 is 0. The normalized spacial score (nSPS) is 16.1. The quantitative estimate of drug-likeness (QED) is 0.370. The van der Waals surface area contributed by atoms with E-state index in [1.165, 1.54) is 18.2 Å². The second-order valence-electron chi connectivity index (χ2n) is 9.30. The first-order valence-electron chi connectivity index (χ1n) is 11.0. The van der Waals surface area contributed by atoms with Crippen LogP contribution in [0.4, 0.5) is 23.2 Å². The van der Waals surface area contributed by atoms with Gasteiger partial charge in [-0.1, -0.05) is 6.07 Å². The van der Waals surface area contributed by atoms with Gasteiger partial charge in [0.15, 0.2) is 6.10 Å². The van der Waals surface area contributed by atoms with Crippen molar-refractivity contribution in [3.05, 3.63) is 69.8 Å². The number of alkyl halides is 3. The van der Waals surface area contributed by atoms with E-state index in [1.807, 2.05) is 5.10 Å². The van der Waals surface area contributed by atoms with Gasteiger partial charge in [-0.15, -0.1) is 5.10 Å². The number of carbonyl (C=O) groups is 1. The number of fused-ring (bicyclic) bond motifs is 1. The molecule has 0 aliphatic carbocycles. The smallest absolute Gasteiger partial charge is 0.434 e. The Labute approximate surface area is 213 Å². The van der Waals surface area contributed by atoms with Crippen LogP contribution in [0.25, 0.3) is 0 Å². The van der Waals surface area contributed by atoms with Crippen LogP contribution in [0.2, 0.25) is 0 Å². The lowest BCUT2D eigenvalue weighted by Crippen LogP contribution is -2.40. The Morgan fingerprint density at radius 2 is 1.89 bits per heavy atom. The zero-order valence-electron chi connectivity index (χ0n) is 20.1. The number of aromatic nitrogens is 2. The summed E-state index contributed by atoms with van der Waals surface area (Å²) in [5, 5.41) is 5.66. The number of H-pyrrole nitrogens is 1. The van der Waals surface area contributed by atoms with Crippen molar-refractivity contribution in [3.63, 3.8) is 0 Å². The molecule has 0 bridgehead atoms. The van der Waals surface area contributed by atoms with E-state index in [0.717, 1.165) is 4.31 Å². The lowest BCUT2D eigenvalue weighted by Gasteiger charge is -2.34. The molecule has 1 aliphatic heterocycles. The molecule has 1 aromatic heterocycles. The second kappa shape index (κ2) is 9.45. The minimum Gasteiger partial charge on any atom is -0.476 e. The second-order valence-corrected chi connectivity index (χ2v) is 11.2. The number of ether oxygens (including phenoxy) is 2. The number of nitrogens with one attached hydrogen (secondary N) is 1. The SMILES string of the molecule is CC(C)(C)OC(=O)Cc1ccc2c(c1)N(S(=O)(=O)c1ccc(F)c(C(F)(F)F)c1)C[C@H](c1n[nH]c(=O)o1)O2. The number of rotatable bonds is 5. The molecule has 0 unspecified atom stereocenters. The molecule has 2 heterocycles. The van der Waals surface area contributed by atoms with Gasteiger partial charge in [0, 0.05) is 0 Å². The molecule has 0 saturated heterocycles. The summed E-state index contributed by atoms with van der Waals surface area (Å²) in [5.41, 5.74) is -2.33. The molecular weight excluding hydrogens is 538 g/mol. The largest absolute Gasteiger partial charge is 0.476 e. The minimum atomic E-state index is -5.15.